The molecule has 24 heavy (non-hydrogen) atoms. The summed E-state index contributed by atoms with van der Waals surface area (Å²) >= 11 is 0. The molecule has 0 fully saturated rings. The first kappa shape index (κ1) is 17.5. The SMILES string of the molecule is CCOc1ccc([C@H](C)NC(=O)Cc2ccccc2[N+](=O)[O-])cc1. The van der Waals surface area contributed by atoms with Crippen LogP contribution in [-0.4, -0.2) is 17.4 Å². The fourth-order valence-electron chi connectivity index (χ4n) is 2.41. The summed E-state index contributed by atoms with van der Waals surface area (Å²) in [6.45, 7) is 4.38. The summed E-state index contributed by atoms with van der Waals surface area (Å²) in [5.41, 5.74) is 1.30. The van der Waals surface area contributed by atoms with Crippen molar-refractivity contribution in [2.24, 2.45) is 0 Å². The van der Waals surface area contributed by atoms with Crippen molar-refractivity contribution in [3.05, 3.63) is 69.8 Å². The van der Waals surface area contributed by atoms with Gasteiger partial charge < -0.3 is 10.1 Å². The molecule has 2 aromatic rings. The lowest BCUT2D eigenvalue weighted by molar-refractivity contribution is -0.385. The number of rotatable bonds is 7. The van der Waals surface area contributed by atoms with Gasteiger partial charge in [-0.15, -0.1) is 0 Å². The van der Waals surface area contributed by atoms with E-state index in [0.29, 0.717) is 12.2 Å². The molecule has 0 radical (unpaired) electrons. The van der Waals surface area contributed by atoms with E-state index in [1.165, 1.54) is 6.07 Å². The van der Waals surface area contributed by atoms with Gasteiger partial charge in [-0.25, -0.2) is 0 Å². The molecule has 0 unspecified atom stereocenters. The molecule has 0 aliphatic rings. The average molecular weight is 328 g/mol. The Morgan fingerprint density at radius 3 is 2.50 bits per heavy atom. The lowest BCUT2D eigenvalue weighted by Crippen LogP contribution is -2.28. The van der Waals surface area contributed by atoms with Gasteiger partial charge in [-0.05, 0) is 31.5 Å². The van der Waals surface area contributed by atoms with E-state index in [0.717, 1.165) is 11.3 Å². The molecule has 0 bridgehead atoms. The number of hydrogen-bond acceptors (Lipinski definition) is 4. The zero-order chi connectivity index (χ0) is 17.5. The van der Waals surface area contributed by atoms with Crippen LogP contribution in [0.2, 0.25) is 0 Å². The van der Waals surface area contributed by atoms with Gasteiger partial charge in [0.15, 0.2) is 0 Å². The molecule has 2 rings (SSSR count). The Balaban J connectivity index is 2.00. The highest BCUT2D eigenvalue weighted by Gasteiger charge is 2.17. The Morgan fingerprint density at radius 2 is 1.88 bits per heavy atom. The molecule has 0 heterocycles. The maximum Gasteiger partial charge on any atom is 0.273 e. The minimum absolute atomic E-state index is 0.0292. The summed E-state index contributed by atoms with van der Waals surface area (Å²) in [7, 11) is 0. The fourth-order valence-corrected chi connectivity index (χ4v) is 2.41. The third kappa shape index (κ3) is 4.55. The van der Waals surface area contributed by atoms with Gasteiger partial charge in [0, 0.05) is 11.6 Å². The second kappa shape index (κ2) is 8.10. The van der Waals surface area contributed by atoms with Gasteiger partial charge in [-0.2, -0.15) is 0 Å². The van der Waals surface area contributed by atoms with Gasteiger partial charge in [0.1, 0.15) is 5.75 Å². The summed E-state index contributed by atoms with van der Waals surface area (Å²) in [5.74, 6) is 0.519. The number of benzene rings is 2. The second-order valence-electron chi connectivity index (χ2n) is 5.35. The van der Waals surface area contributed by atoms with Gasteiger partial charge >= 0.3 is 0 Å². The first-order valence-corrected chi connectivity index (χ1v) is 7.75. The van der Waals surface area contributed by atoms with Crippen LogP contribution in [0.4, 0.5) is 5.69 Å². The lowest BCUT2D eigenvalue weighted by Gasteiger charge is -2.15. The first-order valence-electron chi connectivity index (χ1n) is 7.75. The van der Waals surface area contributed by atoms with Crippen molar-refractivity contribution < 1.29 is 14.5 Å². The average Bonchev–Trinajstić information content (AvgIpc) is 2.56. The summed E-state index contributed by atoms with van der Waals surface area (Å²) in [6, 6.07) is 13.6. The number of hydrogen-bond donors (Lipinski definition) is 1. The lowest BCUT2D eigenvalue weighted by atomic mass is 10.1. The van der Waals surface area contributed by atoms with Gasteiger partial charge in [-0.1, -0.05) is 30.3 Å². The van der Waals surface area contributed by atoms with E-state index >= 15 is 0 Å². The van der Waals surface area contributed by atoms with E-state index in [9.17, 15) is 14.9 Å². The van der Waals surface area contributed by atoms with Crippen LogP contribution in [-0.2, 0) is 11.2 Å². The second-order valence-corrected chi connectivity index (χ2v) is 5.35. The number of amides is 1. The molecule has 0 aliphatic carbocycles. The zero-order valence-electron chi connectivity index (χ0n) is 13.7. The molecule has 6 nitrogen and oxygen atoms in total. The first-order chi connectivity index (χ1) is 11.5. The minimum Gasteiger partial charge on any atom is -0.494 e. The fraction of sp³-hybridized carbons (Fsp3) is 0.278. The molecule has 126 valence electrons. The number of nitrogens with zero attached hydrogens (tertiary/aromatic N) is 1. The van der Waals surface area contributed by atoms with Crippen LogP contribution >= 0.6 is 0 Å². The number of nitrogens with one attached hydrogen (secondary N) is 1. The topological polar surface area (TPSA) is 81.5 Å². The molecule has 1 atom stereocenters. The minimum atomic E-state index is -0.474. The Hall–Kier alpha value is -2.89. The highest BCUT2D eigenvalue weighted by atomic mass is 16.6. The Labute approximate surface area is 140 Å². The number of para-hydroxylation sites is 1. The molecule has 0 aromatic heterocycles. The van der Waals surface area contributed by atoms with Crippen molar-refractivity contribution in [1.29, 1.82) is 0 Å². The van der Waals surface area contributed by atoms with Crippen molar-refractivity contribution in [1.82, 2.24) is 5.32 Å². The maximum absolute atomic E-state index is 12.2. The summed E-state index contributed by atoms with van der Waals surface area (Å²) < 4.78 is 5.39. The van der Waals surface area contributed by atoms with Crippen LogP contribution in [0.1, 0.15) is 31.0 Å². The van der Waals surface area contributed by atoms with E-state index in [1.807, 2.05) is 38.1 Å². The molecular weight excluding hydrogens is 308 g/mol. The third-order valence-corrected chi connectivity index (χ3v) is 3.61. The van der Waals surface area contributed by atoms with Gasteiger partial charge in [0.25, 0.3) is 5.69 Å². The number of nitro groups is 1. The van der Waals surface area contributed by atoms with Crippen molar-refractivity contribution in [3.63, 3.8) is 0 Å². The molecule has 0 saturated carbocycles. The largest absolute Gasteiger partial charge is 0.494 e. The van der Waals surface area contributed by atoms with Crippen molar-refractivity contribution in [2.45, 2.75) is 26.3 Å². The molecule has 6 heteroatoms. The predicted molar refractivity (Wildman–Crippen MR) is 91.0 cm³/mol. The molecule has 2 aromatic carbocycles. The monoisotopic (exact) mass is 328 g/mol. The maximum atomic E-state index is 12.2. The molecule has 0 aliphatic heterocycles. The van der Waals surface area contributed by atoms with E-state index in [4.69, 9.17) is 4.74 Å². The van der Waals surface area contributed by atoms with Crippen LogP contribution in [0.5, 0.6) is 5.75 Å². The van der Waals surface area contributed by atoms with Crippen LogP contribution in [0.15, 0.2) is 48.5 Å². The van der Waals surface area contributed by atoms with E-state index in [1.54, 1.807) is 18.2 Å². The summed E-state index contributed by atoms with van der Waals surface area (Å²) in [5, 5.41) is 13.9. The van der Waals surface area contributed by atoms with Crippen LogP contribution < -0.4 is 10.1 Å². The predicted octanol–water partition coefficient (Wildman–Crippen LogP) is 3.41. The van der Waals surface area contributed by atoms with Crippen molar-refractivity contribution in [2.75, 3.05) is 6.61 Å². The van der Waals surface area contributed by atoms with E-state index in [-0.39, 0.29) is 24.1 Å². The van der Waals surface area contributed by atoms with Gasteiger partial charge in [-0.3, -0.25) is 14.9 Å². The normalized spacial score (nSPS) is 11.6. The molecule has 0 spiro atoms. The Kier molecular flexibility index (Phi) is 5.89. The highest BCUT2D eigenvalue weighted by molar-refractivity contribution is 5.80. The van der Waals surface area contributed by atoms with Crippen LogP contribution in [0, 0.1) is 10.1 Å². The number of carbonyl (C=O) groups is 1. The van der Waals surface area contributed by atoms with E-state index in [2.05, 4.69) is 5.32 Å². The van der Waals surface area contributed by atoms with Gasteiger partial charge in [0.2, 0.25) is 5.91 Å². The molecule has 0 saturated heterocycles. The Morgan fingerprint density at radius 1 is 1.21 bits per heavy atom. The molecule has 1 amide bonds. The van der Waals surface area contributed by atoms with Crippen LogP contribution in [0.3, 0.4) is 0 Å². The van der Waals surface area contributed by atoms with Gasteiger partial charge in [0.05, 0.1) is 24.0 Å². The number of nitro benzene ring substituents is 1. The molecular formula is C18H20N2O4. The van der Waals surface area contributed by atoms with E-state index < -0.39 is 4.92 Å². The van der Waals surface area contributed by atoms with Crippen LogP contribution in [0.25, 0.3) is 0 Å². The summed E-state index contributed by atoms with van der Waals surface area (Å²) in [4.78, 5) is 22.7. The quantitative estimate of drug-likeness (QED) is 0.624. The molecule has 1 N–H and O–H groups in total. The third-order valence-electron chi connectivity index (χ3n) is 3.61. The van der Waals surface area contributed by atoms with Crippen molar-refractivity contribution in [3.8, 4) is 5.75 Å². The number of carbonyl (C=O) groups excluding carboxylic acids is 1. The Bertz CT molecular complexity index is 713. The highest BCUT2D eigenvalue weighted by Crippen LogP contribution is 2.20. The van der Waals surface area contributed by atoms with Crippen molar-refractivity contribution >= 4 is 11.6 Å². The summed E-state index contributed by atoms with van der Waals surface area (Å²) in [6.07, 6.45) is -0.0292. The number of ether oxygens (including phenoxy) is 1. The standard InChI is InChI=1S/C18H20N2O4/c1-3-24-16-10-8-14(9-11-16)13(2)19-18(21)12-15-6-4-5-7-17(15)20(22)23/h4-11,13H,3,12H2,1-2H3,(H,19,21)/t13-/m0/s1. The zero-order valence-corrected chi connectivity index (χ0v) is 13.7. The smallest absolute Gasteiger partial charge is 0.273 e.